The van der Waals surface area contributed by atoms with Gasteiger partial charge in [-0.05, 0) is 50.1 Å². The summed E-state index contributed by atoms with van der Waals surface area (Å²) in [5.41, 5.74) is 2.54. The number of hydrogen-bond donors (Lipinski definition) is 1. The van der Waals surface area contributed by atoms with Gasteiger partial charge in [-0.2, -0.15) is 0 Å². The van der Waals surface area contributed by atoms with E-state index in [1.165, 1.54) is 4.90 Å². The SMILES string of the molecule is CC(C)(C)N1C(=O)c2ccc(NC(=O)N(Cc3ccccc3)Cc3ccccc3)cc2C1=O. The van der Waals surface area contributed by atoms with Crippen molar-refractivity contribution in [3.63, 3.8) is 0 Å². The van der Waals surface area contributed by atoms with Gasteiger partial charge in [-0.25, -0.2) is 4.79 Å². The molecule has 0 spiro atoms. The molecular weight excluding hydrogens is 414 g/mol. The highest BCUT2D eigenvalue weighted by molar-refractivity contribution is 6.22. The summed E-state index contributed by atoms with van der Waals surface area (Å²) >= 11 is 0. The predicted molar refractivity (Wildman–Crippen MR) is 128 cm³/mol. The van der Waals surface area contributed by atoms with Crippen LogP contribution in [0.15, 0.2) is 78.9 Å². The van der Waals surface area contributed by atoms with Gasteiger partial charge in [0.15, 0.2) is 0 Å². The molecule has 6 heteroatoms. The Labute approximate surface area is 193 Å². The molecule has 3 aromatic rings. The predicted octanol–water partition coefficient (Wildman–Crippen LogP) is 5.32. The largest absolute Gasteiger partial charge is 0.322 e. The molecule has 6 nitrogen and oxygen atoms in total. The molecule has 0 fully saturated rings. The van der Waals surface area contributed by atoms with Gasteiger partial charge >= 0.3 is 6.03 Å². The highest BCUT2D eigenvalue weighted by atomic mass is 16.2. The summed E-state index contributed by atoms with van der Waals surface area (Å²) in [5.74, 6) is -0.654. The fraction of sp³-hybridized carbons (Fsp3) is 0.222. The number of amides is 4. The van der Waals surface area contributed by atoms with Gasteiger partial charge in [-0.3, -0.25) is 14.5 Å². The Balaban J connectivity index is 1.57. The Morgan fingerprint density at radius 1 is 0.788 bits per heavy atom. The lowest BCUT2D eigenvalue weighted by Crippen LogP contribution is -2.45. The first-order valence-corrected chi connectivity index (χ1v) is 10.9. The molecule has 1 aliphatic heterocycles. The lowest BCUT2D eigenvalue weighted by Gasteiger charge is -2.29. The van der Waals surface area contributed by atoms with Gasteiger partial charge in [0.1, 0.15) is 0 Å². The first-order chi connectivity index (χ1) is 15.7. The van der Waals surface area contributed by atoms with Crippen LogP contribution in [0.1, 0.15) is 52.6 Å². The maximum absolute atomic E-state index is 13.2. The van der Waals surface area contributed by atoms with Crippen molar-refractivity contribution in [3.05, 3.63) is 101 Å². The summed E-state index contributed by atoms with van der Waals surface area (Å²) in [6, 6.07) is 24.1. The summed E-state index contributed by atoms with van der Waals surface area (Å²) in [4.78, 5) is 41.8. The average Bonchev–Trinajstić information content (AvgIpc) is 3.04. The van der Waals surface area contributed by atoms with E-state index < -0.39 is 5.54 Å². The minimum atomic E-state index is -0.626. The summed E-state index contributed by atoms with van der Waals surface area (Å²) in [6.45, 7) is 6.33. The van der Waals surface area contributed by atoms with Crippen LogP contribution < -0.4 is 5.32 Å². The average molecular weight is 442 g/mol. The number of carbonyl (C=O) groups is 3. The van der Waals surface area contributed by atoms with E-state index in [0.717, 1.165) is 11.1 Å². The molecule has 33 heavy (non-hydrogen) atoms. The van der Waals surface area contributed by atoms with Crippen LogP contribution in [0.3, 0.4) is 0 Å². The lowest BCUT2D eigenvalue weighted by atomic mass is 10.1. The van der Waals surface area contributed by atoms with Gasteiger partial charge in [0.25, 0.3) is 11.8 Å². The topological polar surface area (TPSA) is 69.7 Å². The number of rotatable bonds is 5. The van der Waals surface area contributed by atoms with Crippen molar-refractivity contribution in [2.45, 2.75) is 39.4 Å². The van der Waals surface area contributed by atoms with E-state index in [-0.39, 0.29) is 17.8 Å². The quantitative estimate of drug-likeness (QED) is 0.545. The molecule has 168 valence electrons. The van der Waals surface area contributed by atoms with E-state index in [0.29, 0.717) is 29.9 Å². The van der Waals surface area contributed by atoms with E-state index >= 15 is 0 Å². The van der Waals surface area contributed by atoms with Crippen LogP contribution in [-0.4, -0.2) is 33.2 Å². The fourth-order valence-electron chi connectivity index (χ4n) is 3.94. The lowest BCUT2D eigenvalue weighted by molar-refractivity contribution is 0.0507. The van der Waals surface area contributed by atoms with Crippen LogP contribution in [0.4, 0.5) is 10.5 Å². The first-order valence-electron chi connectivity index (χ1n) is 10.9. The molecule has 1 aliphatic rings. The first kappa shape index (κ1) is 22.3. The molecule has 0 bridgehead atoms. The van der Waals surface area contributed by atoms with E-state index in [1.54, 1.807) is 23.1 Å². The summed E-state index contributed by atoms with van der Waals surface area (Å²) in [6.07, 6.45) is 0. The Morgan fingerprint density at radius 3 is 1.82 bits per heavy atom. The van der Waals surface area contributed by atoms with Crippen LogP contribution in [-0.2, 0) is 13.1 Å². The Hall–Kier alpha value is -3.93. The molecule has 0 unspecified atom stereocenters. The second-order valence-corrected chi connectivity index (χ2v) is 9.13. The van der Waals surface area contributed by atoms with E-state index in [9.17, 15) is 14.4 Å². The van der Waals surface area contributed by atoms with Gasteiger partial charge in [-0.15, -0.1) is 0 Å². The molecule has 1 heterocycles. The van der Waals surface area contributed by atoms with Crippen LogP contribution in [0, 0.1) is 0 Å². The number of urea groups is 1. The molecule has 1 N–H and O–H groups in total. The molecule has 0 saturated heterocycles. The minimum Gasteiger partial charge on any atom is -0.316 e. The van der Waals surface area contributed by atoms with Gasteiger partial charge in [0, 0.05) is 24.3 Å². The van der Waals surface area contributed by atoms with Crippen LogP contribution >= 0.6 is 0 Å². The van der Waals surface area contributed by atoms with Crippen LogP contribution in [0.5, 0.6) is 0 Å². The van der Waals surface area contributed by atoms with E-state index in [4.69, 9.17) is 0 Å². The number of imide groups is 1. The van der Waals surface area contributed by atoms with Crippen molar-refractivity contribution < 1.29 is 14.4 Å². The molecule has 4 amide bonds. The van der Waals surface area contributed by atoms with Crippen LogP contribution in [0.2, 0.25) is 0 Å². The number of anilines is 1. The standard InChI is InChI=1S/C27H27N3O3/c1-27(2,3)30-24(31)22-15-14-21(16-23(22)25(30)32)28-26(33)29(17-19-10-6-4-7-11-19)18-20-12-8-5-9-13-20/h4-16H,17-18H2,1-3H3,(H,28,33). The van der Waals surface area contributed by atoms with Crippen molar-refractivity contribution in [3.8, 4) is 0 Å². The maximum Gasteiger partial charge on any atom is 0.322 e. The summed E-state index contributed by atoms with van der Waals surface area (Å²) in [5, 5.41) is 2.91. The molecular formula is C27H27N3O3. The normalized spacial score (nSPS) is 13.1. The molecule has 0 atom stereocenters. The third-order valence-electron chi connectivity index (χ3n) is 5.53. The molecule has 0 radical (unpaired) electrons. The fourth-order valence-corrected chi connectivity index (χ4v) is 3.94. The monoisotopic (exact) mass is 441 g/mol. The van der Waals surface area contributed by atoms with Crippen LogP contribution in [0.25, 0.3) is 0 Å². The zero-order chi connectivity index (χ0) is 23.6. The summed E-state index contributed by atoms with van der Waals surface area (Å²) < 4.78 is 0. The molecule has 0 aliphatic carbocycles. The Kier molecular flexibility index (Phi) is 6.01. The third-order valence-corrected chi connectivity index (χ3v) is 5.53. The highest BCUT2D eigenvalue weighted by Gasteiger charge is 2.41. The smallest absolute Gasteiger partial charge is 0.316 e. The van der Waals surface area contributed by atoms with Crippen molar-refractivity contribution >= 4 is 23.5 Å². The van der Waals surface area contributed by atoms with Gasteiger partial charge in [0.2, 0.25) is 0 Å². The number of hydrogen-bond acceptors (Lipinski definition) is 3. The molecule has 0 saturated carbocycles. The second-order valence-electron chi connectivity index (χ2n) is 9.13. The van der Waals surface area contributed by atoms with Gasteiger partial charge < -0.3 is 10.2 Å². The number of nitrogens with zero attached hydrogens (tertiary/aromatic N) is 2. The number of benzene rings is 3. The van der Waals surface area contributed by atoms with Crippen molar-refractivity contribution in [2.75, 3.05) is 5.32 Å². The Morgan fingerprint density at radius 2 is 1.30 bits per heavy atom. The number of carbonyl (C=O) groups excluding carboxylic acids is 3. The summed E-state index contributed by atoms with van der Waals surface area (Å²) in [7, 11) is 0. The van der Waals surface area contributed by atoms with Crippen molar-refractivity contribution in [2.24, 2.45) is 0 Å². The van der Waals surface area contributed by atoms with E-state index in [1.807, 2.05) is 81.4 Å². The molecule has 0 aromatic heterocycles. The van der Waals surface area contributed by atoms with Crippen molar-refractivity contribution in [1.82, 2.24) is 9.80 Å². The van der Waals surface area contributed by atoms with Crippen molar-refractivity contribution in [1.29, 1.82) is 0 Å². The molecule has 4 rings (SSSR count). The minimum absolute atomic E-state index is 0.285. The zero-order valence-electron chi connectivity index (χ0n) is 19.0. The Bertz CT molecular complexity index is 1140. The number of fused-ring (bicyclic) bond motifs is 1. The van der Waals surface area contributed by atoms with Gasteiger partial charge in [-0.1, -0.05) is 60.7 Å². The van der Waals surface area contributed by atoms with E-state index in [2.05, 4.69) is 5.32 Å². The van der Waals surface area contributed by atoms with Gasteiger partial charge in [0.05, 0.1) is 11.1 Å². The second kappa shape index (κ2) is 8.90. The highest BCUT2D eigenvalue weighted by Crippen LogP contribution is 2.31. The third kappa shape index (κ3) is 4.80. The molecule has 3 aromatic carbocycles. The zero-order valence-corrected chi connectivity index (χ0v) is 19.0. The number of nitrogens with one attached hydrogen (secondary N) is 1. The maximum atomic E-state index is 13.2.